The van der Waals surface area contributed by atoms with Crippen molar-refractivity contribution in [2.75, 3.05) is 5.32 Å². The monoisotopic (exact) mass is 390 g/mol. The van der Waals surface area contributed by atoms with Gasteiger partial charge in [0.25, 0.3) is 5.91 Å². The summed E-state index contributed by atoms with van der Waals surface area (Å²) in [4.78, 5) is 21.1. The predicted octanol–water partition coefficient (Wildman–Crippen LogP) is 4.74. The molecule has 0 unspecified atom stereocenters. The summed E-state index contributed by atoms with van der Waals surface area (Å²) in [6, 6.07) is 17.1. The van der Waals surface area contributed by atoms with Crippen molar-refractivity contribution in [1.29, 1.82) is 0 Å². The van der Waals surface area contributed by atoms with Gasteiger partial charge in [-0.1, -0.05) is 26.0 Å². The van der Waals surface area contributed by atoms with E-state index < -0.39 is 5.82 Å². The normalized spacial score (nSPS) is 11.4. The van der Waals surface area contributed by atoms with Crippen molar-refractivity contribution in [3.05, 3.63) is 95.6 Å². The zero-order chi connectivity index (χ0) is 20.6. The van der Waals surface area contributed by atoms with Gasteiger partial charge in [-0.3, -0.25) is 15.1 Å². The van der Waals surface area contributed by atoms with E-state index in [-0.39, 0.29) is 5.91 Å². The summed E-state index contributed by atoms with van der Waals surface area (Å²) in [5.41, 5.74) is 3.31. The molecule has 1 heterocycles. The highest BCUT2D eigenvalue weighted by molar-refractivity contribution is 6.09. The lowest BCUT2D eigenvalue weighted by Gasteiger charge is -2.14. The molecule has 0 atom stereocenters. The molecule has 0 radical (unpaired) electrons. The molecule has 5 nitrogen and oxygen atoms in total. The second-order valence-electron chi connectivity index (χ2n) is 6.89. The van der Waals surface area contributed by atoms with E-state index >= 15 is 0 Å². The molecule has 0 saturated heterocycles. The van der Waals surface area contributed by atoms with Gasteiger partial charge < -0.3 is 5.32 Å². The second-order valence-corrected chi connectivity index (χ2v) is 6.89. The molecule has 0 saturated carbocycles. The Hall–Kier alpha value is -3.54. The number of anilines is 1. The highest BCUT2D eigenvalue weighted by Gasteiger charge is 2.10. The third kappa shape index (κ3) is 5.97. The van der Waals surface area contributed by atoms with Crippen LogP contribution in [0.3, 0.4) is 0 Å². The quantitative estimate of drug-likeness (QED) is 0.488. The van der Waals surface area contributed by atoms with Gasteiger partial charge in [-0.2, -0.15) is 0 Å². The second kappa shape index (κ2) is 9.59. The summed E-state index contributed by atoms with van der Waals surface area (Å²) in [6.07, 6.45) is 3.39. The van der Waals surface area contributed by atoms with Crippen LogP contribution in [0.25, 0.3) is 0 Å². The molecule has 148 valence electrons. The summed E-state index contributed by atoms with van der Waals surface area (Å²) >= 11 is 0. The molecular formula is C23H23FN4O. The summed E-state index contributed by atoms with van der Waals surface area (Å²) in [6.45, 7) is 4.61. The fourth-order valence-electron chi connectivity index (χ4n) is 2.66. The van der Waals surface area contributed by atoms with Crippen molar-refractivity contribution < 1.29 is 9.18 Å². The molecule has 0 aliphatic rings. The number of halogens is 1. The van der Waals surface area contributed by atoms with Crippen LogP contribution in [-0.2, 0) is 6.54 Å². The average molecular weight is 390 g/mol. The number of carbonyl (C=O) groups excluding carboxylic acids is 1. The van der Waals surface area contributed by atoms with Gasteiger partial charge in [0.05, 0.1) is 6.54 Å². The first-order chi connectivity index (χ1) is 14.0. The van der Waals surface area contributed by atoms with E-state index in [1.807, 2.05) is 30.3 Å². The molecular weight excluding hydrogens is 367 g/mol. The van der Waals surface area contributed by atoms with Crippen LogP contribution in [0.2, 0.25) is 0 Å². The van der Waals surface area contributed by atoms with Crippen molar-refractivity contribution in [2.24, 2.45) is 4.99 Å². The minimum Gasteiger partial charge on any atom is -0.326 e. The Kier molecular flexibility index (Phi) is 6.68. The molecule has 6 heteroatoms. The summed E-state index contributed by atoms with van der Waals surface area (Å²) in [5, 5.41) is 5.97. The highest BCUT2D eigenvalue weighted by atomic mass is 19.1. The molecule has 1 amide bonds. The number of aliphatic imine (C=N–C) groups is 1. The lowest BCUT2D eigenvalue weighted by molar-refractivity contribution is 0.0977. The van der Waals surface area contributed by atoms with Crippen LogP contribution in [0.1, 0.15) is 41.3 Å². The standard InChI is InChI=1S/C23H23FN4O/c1-16(2)19-4-3-5-21(14-19)27-23(26-15-17-10-12-25-13-11-17)28-22(29)18-6-8-20(24)9-7-18/h3-14,16H,15H2,1-2H3,(H2,26,27,28,29). The Balaban J connectivity index is 1.81. The highest BCUT2D eigenvalue weighted by Crippen LogP contribution is 2.18. The van der Waals surface area contributed by atoms with Gasteiger partial charge in [0.1, 0.15) is 5.82 Å². The van der Waals surface area contributed by atoms with Crippen LogP contribution in [0, 0.1) is 5.82 Å². The van der Waals surface area contributed by atoms with Gasteiger partial charge in [-0.15, -0.1) is 0 Å². The van der Waals surface area contributed by atoms with Crippen LogP contribution < -0.4 is 10.6 Å². The third-order valence-corrected chi connectivity index (χ3v) is 4.32. The van der Waals surface area contributed by atoms with Crippen molar-refractivity contribution in [3.8, 4) is 0 Å². The fourth-order valence-corrected chi connectivity index (χ4v) is 2.66. The van der Waals surface area contributed by atoms with E-state index in [4.69, 9.17) is 0 Å². The van der Waals surface area contributed by atoms with Crippen LogP contribution in [-0.4, -0.2) is 16.9 Å². The van der Waals surface area contributed by atoms with Crippen molar-refractivity contribution in [3.63, 3.8) is 0 Å². The van der Waals surface area contributed by atoms with E-state index in [0.29, 0.717) is 24.0 Å². The maximum Gasteiger partial charge on any atom is 0.257 e. The molecule has 0 bridgehead atoms. The number of hydrogen-bond acceptors (Lipinski definition) is 3. The summed E-state index contributed by atoms with van der Waals surface area (Å²) in [5.74, 6) is -0.0671. The average Bonchev–Trinajstić information content (AvgIpc) is 2.73. The number of nitrogens with one attached hydrogen (secondary N) is 2. The molecule has 0 aliphatic heterocycles. The summed E-state index contributed by atoms with van der Waals surface area (Å²) in [7, 11) is 0. The molecule has 1 aromatic heterocycles. The van der Waals surface area contributed by atoms with Gasteiger partial charge in [0, 0.05) is 23.6 Å². The van der Waals surface area contributed by atoms with Gasteiger partial charge in [-0.05, 0) is 65.6 Å². The molecule has 0 fully saturated rings. The molecule has 3 rings (SSSR count). The molecule has 3 aromatic rings. The van der Waals surface area contributed by atoms with Crippen LogP contribution in [0.15, 0.2) is 78.0 Å². The number of benzene rings is 2. The predicted molar refractivity (Wildman–Crippen MR) is 113 cm³/mol. The first-order valence-electron chi connectivity index (χ1n) is 9.38. The van der Waals surface area contributed by atoms with Gasteiger partial charge >= 0.3 is 0 Å². The van der Waals surface area contributed by atoms with E-state index in [1.54, 1.807) is 12.4 Å². The summed E-state index contributed by atoms with van der Waals surface area (Å²) < 4.78 is 13.1. The van der Waals surface area contributed by atoms with E-state index in [2.05, 4.69) is 40.5 Å². The van der Waals surface area contributed by atoms with E-state index in [0.717, 1.165) is 11.3 Å². The number of hydrogen-bond donors (Lipinski definition) is 2. The molecule has 2 aromatic carbocycles. The zero-order valence-electron chi connectivity index (χ0n) is 16.4. The number of amides is 1. The minimum absolute atomic E-state index is 0.317. The Labute approximate surface area is 169 Å². The molecule has 2 N–H and O–H groups in total. The number of pyridine rings is 1. The minimum atomic E-state index is -0.392. The lowest BCUT2D eigenvalue weighted by atomic mass is 10.0. The maximum absolute atomic E-state index is 13.1. The number of carbonyl (C=O) groups is 1. The Morgan fingerprint density at radius 3 is 2.48 bits per heavy atom. The fraction of sp³-hybridized carbons (Fsp3) is 0.174. The van der Waals surface area contributed by atoms with E-state index in [1.165, 1.54) is 29.8 Å². The number of nitrogens with zero attached hydrogens (tertiary/aromatic N) is 2. The number of guanidine groups is 1. The largest absolute Gasteiger partial charge is 0.326 e. The molecule has 29 heavy (non-hydrogen) atoms. The Morgan fingerprint density at radius 1 is 1.07 bits per heavy atom. The Morgan fingerprint density at radius 2 is 1.79 bits per heavy atom. The van der Waals surface area contributed by atoms with Crippen LogP contribution in [0.5, 0.6) is 0 Å². The Bertz CT molecular complexity index is 985. The maximum atomic E-state index is 13.1. The van der Waals surface area contributed by atoms with Crippen LogP contribution in [0.4, 0.5) is 10.1 Å². The van der Waals surface area contributed by atoms with Crippen molar-refractivity contribution in [2.45, 2.75) is 26.3 Å². The first kappa shape index (κ1) is 20.2. The zero-order valence-corrected chi connectivity index (χ0v) is 16.4. The third-order valence-electron chi connectivity index (χ3n) is 4.32. The molecule has 0 spiro atoms. The topological polar surface area (TPSA) is 66.4 Å². The van der Waals surface area contributed by atoms with Gasteiger partial charge in [-0.25, -0.2) is 9.38 Å². The van der Waals surface area contributed by atoms with Crippen LogP contribution >= 0.6 is 0 Å². The van der Waals surface area contributed by atoms with Crippen molar-refractivity contribution in [1.82, 2.24) is 10.3 Å². The number of rotatable bonds is 5. The number of aromatic nitrogens is 1. The van der Waals surface area contributed by atoms with Gasteiger partial charge in [0.2, 0.25) is 5.96 Å². The van der Waals surface area contributed by atoms with Crippen molar-refractivity contribution >= 4 is 17.6 Å². The molecule has 0 aliphatic carbocycles. The van der Waals surface area contributed by atoms with E-state index in [9.17, 15) is 9.18 Å². The lowest BCUT2D eigenvalue weighted by Crippen LogP contribution is -2.36. The van der Waals surface area contributed by atoms with Gasteiger partial charge in [0.15, 0.2) is 0 Å². The smallest absolute Gasteiger partial charge is 0.257 e. The SMILES string of the molecule is CC(C)c1cccc(NC(=NCc2ccncc2)NC(=O)c2ccc(F)cc2)c1. The first-order valence-corrected chi connectivity index (χ1v) is 9.38.